The number of amides is 4. The Morgan fingerprint density at radius 3 is 1.37 bits per heavy atom. The average molecular weight is 765 g/mol. The molecule has 0 radical (unpaired) electrons. The Morgan fingerprint density at radius 1 is 0.627 bits per heavy atom. The van der Waals surface area contributed by atoms with Crippen molar-refractivity contribution in [3.63, 3.8) is 0 Å². The summed E-state index contributed by atoms with van der Waals surface area (Å²) in [5.74, 6) is 0.473. The van der Waals surface area contributed by atoms with E-state index in [1.54, 1.807) is 33.7 Å². The summed E-state index contributed by atoms with van der Waals surface area (Å²) in [5, 5.41) is 11.0. The Kier molecular flexibility index (Phi) is 19.0. The number of nitrogens with one attached hydrogen (secondary N) is 4. The van der Waals surface area contributed by atoms with Gasteiger partial charge in [-0.3, -0.25) is 19.8 Å². The lowest BCUT2D eigenvalue weighted by molar-refractivity contribution is 0.251. The van der Waals surface area contributed by atoms with Gasteiger partial charge >= 0.3 is 32.0 Å². The van der Waals surface area contributed by atoms with E-state index in [0.717, 1.165) is 76.3 Å². The summed E-state index contributed by atoms with van der Waals surface area (Å²) in [6, 6.07) is 4.21. The van der Waals surface area contributed by atoms with Gasteiger partial charge in [-0.25, -0.2) is 19.2 Å². The first kappa shape index (κ1) is 44.0. The van der Waals surface area contributed by atoms with Crippen LogP contribution < -0.4 is 32.6 Å². The lowest BCUT2D eigenvalue weighted by Gasteiger charge is -2.38. The van der Waals surface area contributed by atoms with Gasteiger partial charge in [0.05, 0.1) is 0 Å². The van der Waals surface area contributed by atoms with Crippen LogP contribution in [0.4, 0.5) is 21.2 Å². The van der Waals surface area contributed by atoms with Gasteiger partial charge in [-0.05, 0) is 89.2 Å². The monoisotopic (exact) mass is 764 g/mol. The third kappa shape index (κ3) is 18.8. The zero-order chi connectivity index (χ0) is 37.9. The molecule has 0 spiro atoms. The largest absolute Gasteiger partial charge is 0.437 e. The summed E-state index contributed by atoms with van der Waals surface area (Å²) in [5.41, 5.74) is -0.728. The van der Waals surface area contributed by atoms with Gasteiger partial charge in [-0.2, -0.15) is 9.97 Å². The van der Waals surface area contributed by atoms with Gasteiger partial charge < -0.3 is 18.9 Å². The van der Waals surface area contributed by atoms with Crippen molar-refractivity contribution in [3.05, 3.63) is 45.5 Å². The summed E-state index contributed by atoms with van der Waals surface area (Å²) in [6.45, 7) is 19.4. The minimum atomic E-state index is -2.44. The summed E-state index contributed by atoms with van der Waals surface area (Å²) < 4.78 is 16.5. The SMILES string of the molecule is CCCCCCn1ccc(NC(=O)NCCC[Si](C)(C)O[Si](C)(C)O[Si](C)(C)CCCNC(=O)Nc2ccn(CCCCCC)c(=O)n2)nc1=O. The van der Waals surface area contributed by atoms with Crippen LogP contribution in [0.2, 0.25) is 51.4 Å². The Bertz CT molecular complexity index is 1380. The molecule has 0 saturated carbocycles. The molecule has 0 unspecified atom stereocenters. The van der Waals surface area contributed by atoms with E-state index < -0.39 is 37.3 Å². The standard InChI is InChI=1S/C34H64N8O6Si3/c1-9-11-13-15-23-41-25-19-29(39-33(41)45)37-31(43)35-21-17-27-49(3,4)47-51(7,8)48-50(5,6)28-18-22-36-32(44)38-30-20-26-42(34(46)40-30)24-16-14-12-10-2/h19-20,25-26H,9-18,21-24,27-28H2,1-8H3,(H2,35,37,39,43,45)(H2,36,38,40,44,46). The van der Waals surface area contributed by atoms with Gasteiger partial charge in [-0.15, -0.1) is 0 Å². The fraction of sp³-hybridized carbons (Fsp3) is 0.706. The zero-order valence-corrected chi connectivity index (χ0v) is 35.4. The molecule has 0 atom stereocenters. The molecule has 288 valence electrons. The van der Waals surface area contributed by atoms with E-state index in [9.17, 15) is 19.2 Å². The predicted molar refractivity (Wildman–Crippen MR) is 213 cm³/mol. The molecule has 4 N–H and O–H groups in total. The molecule has 2 aromatic rings. The number of hydrogen-bond donors (Lipinski definition) is 4. The van der Waals surface area contributed by atoms with Crippen molar-refractivity contribution in [2.24, 2.45) is 0 Å². The second-order valence-electron chi connectivity index (χ2n) is 14.8. The molecular weight excluding hydrogens is 701 g/mol. The van der Waals surface area contributed by atoms with Gasteiger partial charge in [0.2, 0.25) is 0 Å². The van der Waals surface area contributed by atoms with Gasteiger partial charge in [-0.1, -0.05) is 52.4 Å². The van der Waals surface area contributed by atoms with Crippen LogP contribution >= 0.6 is 0 Å². The maximum atomic E-state index is 12.4. The van der Waals surface area contributed by atoms with E-state index >= 15 is 0 Å². The number of aromatic nitrogens is 4. The van der Waals surface area contributed by atoms with E-state index in [1.807, 2.05) is 0 Å². The van der Waals surface area contributed by atoms with Crippen LogP contribution in [0.3, 0.4) is 0 Å². The molecule has 0 aromatic carbocycles. The van der Waals surface area contributed by atoms with Gasteiger partial charge in [0.25, 0.3) is 0 Å². The number of anilines is 2. The van der Waals surface area contributed by atoms with Crippen molar-refractivity contribution in [3.8, 4) is 0 Å². The third-order valence-corrected chi connectivity index (χ3v) is 19.7. The summed E-state index contributed by atoms with van der Waals surface area (Å²) in [4.78, 5) is 57.4. The van der Waals surface area contributed by atoms with Crippen LogP contribution in [0.5, 0.6) is 0 Å². The first-order valence-corrected chi connectivity index (χ1v) is 27.7. The van der Waals surface area contributed by atoms with E-state index in [1.165, 1.54) is 0 Å². The van der Waals surface area contributed by atoms with Gasteiger partial charge in [0, 0.05) is 38.6 Å². The third-order valence-electron chi connectivity index (χ3n) is 8.26. The topological polar surface area (TPSA) is 170 Å². The molecule has 0 saturated heterocycles. The average Bonchev–Trinajstić information content (AvgIpc) is 3.02. The molecule has 0 aliphatic heterocycles. The Hall–Kier alpha value is -3.13. The highest BCUT2D eigenvalue weighted by Gasteiger charge is 2.39. The van der Waals surface area contributed by atoms with Crippen LogP contribution in [0.1, 0.15) is 78.1 Å². The molecule has 0 aliphatic carbocycles. The van der Waals surface area contributed by atoms with Gasteiger partial charge in [0.1, 0.15) is 11.6 Å². The summed E-state index contributed by atoms with van der Waals surface area (Å²) in [7, 11) is -6.62. The highest BCUT2D eigenvalue weighted by molar-refractivity contribution is 6.87. The van der Waals surface area contributed by atoms with E-state index in [4.69, 9.17) is 8.23 Å². The molecule has 2 rings (SSSR count). The van der Waals surface area contributed by atoms with Crippen LogP contribution in [0.25, 0.3) is 0 Å². The number of rotatable bonds is 24. The number of carbonyl (C=O) groups excluding carboxylic acids is 2. The van der Waals surface area contributed by atoms with Crippen molar-refractivity contribution in [2.75, 3.05) is 23.7 Å². The predicted octanol–water partition coefficient (Wildman–Crippen LogP) is 6.83. The summed E-state index contributed by atoms with van der Waals surface area (Å²) in [6.07, 6.45) is 13.4. The molecule has 14 nitrogen and oxygen atoms in total. The molecule has 2 aromatic heterocycles. The van der Waals surface area contributed by atoms with Crippen molar-refractivity contribution in [1.29, 1.82) is 0 Å². The molecule has 0 fully saturated rings. The zero-order valence-electron chi connectivity index (χ0n) is 32.4. The molecule has 17 heteroatoms. The van der Waals surface area contributed by atoms with Crippen molar-refractivity contribution in [1.82, 2.24) is 29.7 Å². The minimum absolute atomic E-state index is 0.237. The number of unbranched alkanes of at least 4 members (excludes halogenated alkanes) is 6. The Labute approximate surface area is 307 Å². The quantitative estimate of drug-likeness (QED) is 0.0666. The fourth-order valence-corrected chi connectivity index (χ4v) is 20.0. The number of carbonyl (C=O) groups is 2. The van der Waals surface area contributed by atoms with E-state index in [0.29, 0.717) is 26.2 Å². The minimum Gasteiger partial charge on any atom is -0.437 e. The Balaban J connectivity index is 1.68. The van der Waals surface area contributed by atoms with Crippen molar-refractivity contribution in [2.45, 2.75) is 143 Å². The highest BCUT2D eigenvalue weighted by Crippen LogP contribution is 2.26. The number of hydrogen-bond acceptors (Lipinski definition) is 8. The molecule has 0 bridgehead atoms. The number of nitrogens with zero attached hydrogens (tertiary/aromatic N) is 4. The second-order valence-corrected chi connectivity index (χ2v) is 27.3. The maximum Gasteiger partial charge on any atom is 0.349 e. The first-order chi connectivity index (χ1) is 24.0. The molecular formula is C34H64N8O6Si3. The molecule has 51 heavy (non-hydrogen) atoms. The van der Waals surface area contributed by atoms with Crippen LogP contribution in [0.15, 0.2) is 34.1 Å². The molecule has 0 aliphatic rings. The second kappa shape index (κ2) is 22.1. The molecule has 2 heterocycles. The smallest absolute Gasteiger partial charge is 0.349 e. The van der Waals surface area contributed by atoms with Crippen molar-refractivity contribution >= 4 is 48.9 Å². The Morgan fingerprint density at radius 2 is 1.02 bits per heavy atom. The molecule has 4 amide bonds. The van der Waals surface area contributed by atoms with Gasteiger partial charge in [0.15, 0.2) is 16.6 Å². The van der Waals surface area contributed by atoms with Crippen molar-refractivity contribution < 1.29 is 17.8 Å². The lowest BCUT2D eigenvalue weighted by atomic mass is 10.2. The van der Waals surface area contributed by atoms with Crippen LogP contribution in [0, 0.1) is 0 Å². The lowest BCUT2D eigenvalue weighted by Crippen LogP contribution is -2.52. The van der Waals surface area contributed by atoms with E-state index in [2.05, 4.69) is 84.4 Å². The van der Waals surface area contributed by atoms with Crippen LogP contribution in [-0.4, -0.2) is 69.4 Å². The van der Waals surface area contributed by atoms with Crippen LogP contribution in [-0.2, 0) is 21.3 Å². The maximum absolute atomic E-state index is 12.4. The van der Waals surface area contributed by atoms with E-state index in [-0.39, 0.29) is 23.0 Å². The summed E-state index contributed by atoms with van der Waals surface area (Å²) >= 11 is 0. The number of urea groups is 2. The highest BCUT2D eigenvalue weighted by atomic mass is 28.5. The number of aryl methyl sites for hydroxylation is 2. The fourth-order valence-electron chi connectivity index (χ4n) is 5.96. The normalized spacial score (nSPS) is 12.1. The first-order valence-electron chi connectivity index (χ1n) is 18.7.